The minimum atomic E-state index is -0.142. The second-order valence-corrected chi connectivity index (χ2v) is 4.74. The van der Waals surface area contributed by atoms with Crippen LogP contribution in [0.5, 0.6) is 0 Å². The van der Waals surface area contributed by atoms with Gasteiger partial charge in [0.15, 0.2) is 0 Å². The van der Waals surface area contributed by atoms with Gasteiger partial charge in [-0.05, 0) is 25.7 Å². The van der Waals surface area contributed by atoms with E-state index in [9.17, 15) is 4.79 Å². The molecule has 1 amide bonds. The van der Waals surface area contributed by atoms with Crippen molar-refractivity contribution in [1.29, 1.82) is 0 Å². The summed E-state index contributed by atoms with van der Waals surface area (Å²) in [6, 6.07) is 0.344. The average molecular weight is 228 g/mol. The first-order valence-electron chi connectivity index (χ1n) is 6.12. The van der Waals surface area contributed by atoms with Crippen LogP contribution in [0.15, 0.2) is 0 Å². The summed E-state index contributed by atoms with van der Waals surface area (Å²) in [5.41, 5.74) is 5.53. The summed E-state index contributed by atoms with van der Waals surface area (Å²) >= 11 is 0. The Bertz CT molecular complexity index is 229. The van der Waals surface area contributed by atoms with Crippen molar-refractivity contribution >= 4 is 5.91 Å². The van der Waals surface area contributed by atoms with Crippen LogP contribution in [0.3, 0.4) is 0 Å². The van der Waals surface area contributed by atoms with Crippen LogP contribution in [-0.2, 0) is 9.53 Å². The fourth-order valence-corrected chi connectivity index (χ4v) is 2.26. The molecule has 1 heterocycles. The predicted molar refractivity (Wildman–Crippen MR) is 64.0 cm³/mol. The number of carbonyl (C=O) groups excluding carboxylic acids is 1. The zero-order valence-corrected chi connectivity index (χ0v) is 10.6. The zero-order chi connectivity index (χ0) is 12.1. The third-order valence-electron chi connectivity index (χ3n) is 3.69. The van der Waals surface area contributed by atoms with E-state index in [1.165, 1.54) is 6.42 Å². The molecular formula is C12H24N2O2. The lowest BCUT2D eigenvalue weighted by atomic mass is 9.91. The van der Waals surface area contributed by atoms with Gasteiger partial charge in [-0.2, -0.15) is 0 Å². The highest BCUT2D eigenvalue weighted by Crippen LogP contribution is 2.23. The molecule has 1 rings (SSSR count). The van der Waals surface area contributed by atoms with Crippen molar-refractivity contribution in [3.05, 3.63) is 0 Å². The highest BCUT2D eigenvalue weighted by molar-refractivity contribution is 5.77. The van der Waals surface area contributed by atoms with Crippen LogP contribution in [0.25, 0.3) is 0 Å². The van der Waals surface area contributed by atoms with Gasteiger partial charge in [-0.25, -0.2) is 0 Å². The molecule has 3 atom stereocenters. The van der Waals surface area contributed by atoms with E-state index < -0.39 is 0 Å². The number of hydrogen-bond acceptors (Lipinski definition) is 3. The van der Waals surface area contributed by atoms with Gasteiger partial charge in [-0.3, -0.25) is 4.79 Å². The van der Waals surface area contributed by atoms with Crippen molar-refractivity contribution in [2.45, 2.75) is 45.3 Å². The lowest BCUT2D eigenvalue weighted by Gasteiger charge is -2.38. The molecule has 3 unspecified atom stereocenters. The Morgan fingerprint density at radius 3 is 2.81 bits per heavy atom. The summed E-state index contributed by atoms with van der Waals surface area (Å²) in [6.45, 7) is 5.62. The topological polar surface area (TPSA) is 55.6 Å². The molecule has 16 heavy (non-hydrogen) atoms. The molecule has 1 aliphatic heterocycles. The van der Waals surface area contributed by atoms with Gasteiger partial charge in [0, 0.05) is 26.2 Å². The summed E-state index contributed by atoms with van der Waals surface area (Å²) in [5, 5.41) is 0. The summed E-state index contributed by atoms with van der Waals surface area (Å²) in [6.07, 6.45) is 2.59. The molecule has 0 spiro atoms. The molecular weight excluding hydrogens is 204 g/mol. The molecule has 1 aliphatic rings. The predicted octanol–water partition coefficient (Wildman–Crippen LogP) is 0.997. The number of rotatable bonds is 4. The highest BCUT2D eigenvalue weighted by Gasteiger charge is 2.29. The number of nitrogens with zero attached hydrogens (tertiary/aromatic N) is 1. The second kappa shape index (κ2) is 6.21. The van der Waals surface area contributed by atoms with Crippen molar-refractivity contribution in [2.24, 2.45) is 11.7 Å². The van der Waals surface area contributed by atoms with E-state index in [2.05, 4.69) is 13.8 Å². The molecule has 2 N–H and O–H groups in total. The molecule has 94 valence electrons. The molecule has 0 bridgehead atoms. The van der Waals surface area contributed by atoms with E-state index in [-0.39, 0.29) is 12.0 Å². The number of hydrogen-bond donors (Lipinski definition) is 1. The first-order valence-corrected chi connectivity index (χ1v) is 6.12. The monoisotopic (exact) mass is 228 g/mol. The Balaban J connectivity index is 2.52. The van der Waals surface area contributed by atoms with Crippen molar-refractivity contribution in [3.8, 4) is 0 Å². The van der Waals surface area contributed by atoms with Crippen LogP contribution in [0.1, 0.15) is 33.1 Å². The molecule has 4 heteroatoms. The van der Waals surface area contributed by atoms with Gasteiger partial charge in [0.05, 0.1) is 12.5 Å². The first-order chi connectivity index (χ1) is 7.60. The van der Waals surface area contributed by atoms with Crippen molar-refractivity contribution in [2.75, 3.05) is 20.2 Å². The Morgan fingerprint density at radius 2 is 2.25 bits per heavy atom. The van der Waals surface area contributed by atoms with Gasteiger partial charge < -0.3 is 15.4 Å². The van der Waals surface area contributed by atoms with Gasteiger partial charge in [0.1, 0.15) is 0 Å². The van der Waals surface area contributed by atoms with Crippen molar-refractivity contribution in [1.82, 2.24) is 4.90 Å². The number of piperidine rings is 1. The lowest BCUT2D eigenvalue weighted by molar-refractivity contribution is -0.138. The summed E-state index contributed by atoms with van der Waals surface area (Å²) in [7, 11) is 1.60. The van der Waals surface area contributed by atoms with Crippen LogP contribution >= 0.6 is 0 Å². The fourth-order valence-electron chi connectivity index (χ4n) is 2.26. The molecule has 0 radical (unpaired) electrons. The molecule has 1 saturated heterocycles. The average Bonchev–Trinajstić information content (AvgIpc) is 2.29. The Hall–Kier alpha value is -0.610. The van der Waals surface area contributed by atoms with Gasteiger partial charge in [0.2, 0.25) is 5.91 Å². The van der Waals surface area contributed by atoms with Crippen LogP contribution in [-0.4, -0.2) is 43.2 Å². The number of carbonyl (C=O) groups is 1. The number of methoxy groups -OCH3 is 1. The van der Waals surface area contributed by atoms with E-state index >= 15 is 0 Å². The van der Waals surface area contributed by atoms with Gasteiger partial charge >= 0.3 is 0 Å². The van der Waals surface area contributed by atoms with Crippen molar-refractivity contribution in [3.63, 3.8) is 0 Å². The standard InChI is InChI=1S/C12H24N2O2/c1-9-5-4-6-14(10(9)2)12(15)7-11(8-13)16-3/h9-11H,4-8,13H2,1-3H3. The van der Waals surface area contributed by atoms with E-state index in [1.54, 1.807) is 7.11 Å². The maximum absolute atomic E-state index is 12.1. The Morgan fingerprint density at radius 1 is 1.56 bits per heavy atom. The maximum atomic E-state index is 12.1. The van der Waals surface area contributed by atoms with Gasteiger partial charge in [0.25, 0.3) is 0 Å². The normalized spacial score (nSPS) is 27.9. The van der Waals surface area contributed by atoms with E-state index in [0.29, 0.717) is 24.9 Å². The fraction of sp³-hybridized carbons (Fsp3) is 0.917. The smallest absolute Gasteiger partial charge is 0.225 e. The molecule has 1 fully saturated rings. The number of nitrogens with two attached hydrogens (primary N) is 1. The molecule has 0 aromatic heterocycles. The second-order valence-electron chi connectivity index (χ2n) is 4.74. The minimum absolute atomic E-state index is 0.142. The first kappa shape index (κ1) is 13.5. The van der Waals surface area contributed by atoms with Gasteiger partial charge in [-0.1, -0.05) is 6.92 Å². The third kappa shape index (κ3) is 3.19. The van der Waals surface area contributed by atoms with E-state index in [0.717, 1.165) is 13.0 Å². The summed E-state index contributed by atoms with van der Waals surface area (Å²) < 4.78 is 5.15. The molecule has 0 aliphatic carbocycles. The maximum Gasteiger partial charge on any atom is 0.225 e. The minimum Gasteiger partial charge on any atom is -0.380 e. The number of amides is 1. The number of ether oxygens (including phenoxy) is 1. The van der Waals surface area contributed by atoms with Crippen LogP contribution in [0, 0.1) is 5.92 Å². The largest absolute Gasteiger partial charge is 0.380 e. The summed E-state index contributed by atoms with van der Waals surface area (Å²) in [4.78, 5) is 14.1. The summed E-state index contributed by atoms with van der Waals surface area (Å²) in [5.74, 6) is 0.771. The third-order valence-corrected chi connectivity index (χ3v) is 3.69. The number of likely N-dealkylation sites (tertiary alicyclic amines) is 1. The highest BCUT2D eigenvalue weighted by atomic mass is 16.5. The van der Waals surface area contributed by atoms with E-state index in [1.807, 2.05) is 4.90 Å². The van der Waals surface area contributed by atoms with Crippen LogP contribution < -0.4 is 5.73 Å². The zero-order valence-electron chi connectivity index (χ0n) is 10.6. The van der Waals surface area contributed by atoms with Crippen LogP contribution in [0.4, 0.5) is 0 Å². The van der Waals surface area contributed by atoms with Crippen molar-refractivity contribution < 1.29 is 9.53 Å². The molecule has 4 nitrogen and oxygen atoms in total. The Kier molecular flexibility index (Phi) is 5.22. The molecule has 0 saturated carbocycles. The molecule has 0 aromatic carbocycles. The lowest BCUT2D eigenvalue weighted by Crippen LogP contribution is -2.47. The van der Waals surface area contributed by atoms with Gasteiger partial charge in [-0.15, -0.1) is 0 Å². The van der Waals surface area contributed by atoms with E-state index in [4.69, 9.17) is 10.5 Å². The SMILES string of the molecule is COC(CN)CC(=O)N1CCCC(C)C1C. The molecule has 0 aromatic rings. The van der Waals surface area contributed by atoms with Crippen LogP contribution in [0.2, 0.25) is 0 Å². The quantitative estimate of drug-likeness (QED) is 0.781. The Labute approximate surface area is 98.1 Å².